The molecule has 1 N–H and O–H groups in total. The number of halogens is 1. The summed E-state index contributed by atoms with van der Waals surface area (Å²) in [6, 6.07) is 4.42. The standard InChI is InChI=1S/C16H21FN2O2/c1-21-13-2-3-14(15(17)8-13)16(20)19-6-4-11-9-18-10-12(11)5-7-19/h2-3,8,11-12,18H,4-7,9-10H2,1H3/t11-,12+. The Morgan fingerprint density at radius 1 is 1.29 bits per heavy atom. The summed E-state index contributed by atoms with van der Waals surface area (Å²) >= 11 is 0. The van der Waals surface area contributed by atoms with E-state index in [9.17, 15) is 9.18 Å². The Kier molecular flexibility index (Phi) is 4.10. The van der Waals surface area contributed by atoms with Crippen LogP contribution in [0.5, 0.6) is 5.75 Å². The van der Waals surface area contributed by atoms with Crippen molar-refractivity contribution in [2.45, 2.75) is 12.8 Å². The van der Waals surface area contributed by atoms with Crippen molar-refractivity contribution in [3.05, 3.63) is 29.6 Å². The highest BCUT2D eigenvalue weighted by Gasteiger charge is 2.32. The molecule has 0 radical (unpaired) electrons. The van der Waals surface area contributed by atoms with E-state index in [-0.39, 0.29) is 11.5 Å². The zero-order valence-corrected chi connectivity index (χ0v) is 12.3. The van der Waals surface area contributed by atoms with Crippen LogP contribution in [0.1, 0.15) is 23.2 Å². The number of methoxy groups -OCH3 is 1. The smallest absolute Gasteiger partial charge is 0.256 e. The average molecular weight is 292 g/mol. The Morgan fingerprint density at radius 2 is 1.95 bits per heavy atom. The first-order valence-corrected chi connectivity index (χ1v) is 7.52. The van der Waals surface area contributed by atoms with E-state index in [4.69, 9.17) is 4.74 Å². The molecule has 2 saturated heterocycles. The van der Waals surface area contributed by atoms with Gasteiger partial charge in [0.2, 0.25) is 0 Å². The van der Waals surface area contributed by atoms with Crippen LogP contribution in [0.15, 0.2) is 18.2 Å². The first-order chi connectivity index (χ1) is 10.2. The lowest BCUT2D eigenvalue weighted by molar-refractivity contribution is 0.0754. The summed E-state index contributed by atoms with van der Waals surface area (Å²) in [6.07, 6.45) is 2.00. The van der Waals surface area contributed by atoms with Gasteiger partial charge in [0.15, 0.2) is 0 Å². The SMILES string of the molecule is COc1ccc(C(=O)N2CC[C@@H]3CNC[C@@H]3CC2)c(F)c1. The molecule has 4 nitrogen and oxygen atoms in total. The maximum atomic E-state index is 14.0. The summed E-state index contributed by atoms with van der Waals surface area (Å²) < 4.78 is 19.0. The van der Waals surface area contributed by atoms with E-state index in [1.165, 1.54) is 19.2 Å². The maximum absolute atomic E-state index is 14.0. The molecule has 1 aromatic rings. The normalized spacial score (nSPS) is 25.3. The fraction of sp³-hybridized carbons (Fsp3) is 0.562. The molecule has 2 atom stereocenters. The second-order valence-corrected chi connectivity index (χ2v) is 5.89. The van der Waals surface area contributed by atoms with Crippen molar-refractivity contribution in [1.82, 2.24) is 10.2 Å². The van der Waals surface area contributed by atoms with Crippen molar-refractivity contribution in [3.8, 4) is 5.75 Å². The minimum Gasteiger partial charge on any atom is -0.497 e. The quantitative estimate of drug-likeness (QED) is 0.905. The number of rotatable bonds is 2. The van der Waals surface area contributed by atoms with E-state index in [0.717, 1.165) is 25.9 Å². The van der Waals surface area contributed by atoms with Crippen molar-refractivity contribution < 1.29 is 13.9 Å². The van der Waals surface area contributed by atoms with Crippen LogP contribution >= 0.6 is 0 Å². The highest BCUT2D eigenvalue weighted by Crippen LogP contribution is 2.28. The average Bonchev–Trinajstić information content (AvgIpc) is 2.85. The molecule has 114 valence electrons. The first-order valence-electron chi connectivity index (χ1n) is 7.52. The van der Waals surface area contributed by atoms with Crippen LogP contribution in [-0.4, -0.2) is 44.1 Å². The number of amides is 1. The van der Waals surface area contributed by atoms with E-state index in [2.05, 4.69) is 5.32 Å². The Hall–Kier alpha value is -1.62. The number of fused-ring (bicyclic) bond motifs is 1. The topological polar surface area (TPSA) is 41.6 Å². The molecular weight excluding hydrogens is 271 g/mol. The van der Waals surface area contributed by atoms with Gasteiger partial charge in [-0.1, -0.05) is 0 Å². The predicted octanol–water partition coefficient (Wildman–Crippen LogP) is 1.91. The molecule has 3 rings (SSSR count). The third-order valence-electron chi connectivity index (χ3n) is 4.71. The van der Waals surface area contributed by atoms with Gasteiger partial charge in [-0.25, -0.2) is 4.39 Å². The highest BCUT2D eigenvalue weighted by atomic mass is 19.1. The lowest BCUT2D eigenvalue weighted by Crippen LogP contribution is -2.33. The predicted molar refractivity (Wildman–Crippen MR) is 77.9 cm³/mol. The van der Waals surface area contributed by atoms with Gasteiger partial charge >= 0.3 is 0 Å². The molecule has 0 aliphatic carbocycles. The number of hydrogen-bond acceptors (Lipinski definition) is 3. The molecule has 0 unspecified atom stereocenters. The van der Waals surface area contributed by atoms with Gasteiger partial charge < -0.3 is 15.0 Å². The van der Waals surface area contributed by atoms with Crippen molar-refractivity contribution >= 4 is 5.91 Å². The number of likely N-dealkylation sites (tertiary alicyclic amines) is 1. The van der Waals surface area contributed by atoms with E-state index >= 15 is 0 Å². The second-order valence-electron chi connectivity index (χ2n) is 5.89. The van der Waals surface area contributed by atoms with Gasteiger partial charge in [-0.15, -0.1) is 0 Å². The third kappa shape index (κ3) is 2.88. The number of nitrogens with one attached hydrogen (secondary N) is 1. The van der Waals surface area contributed by atoms with Crippen LogP contribution < -0.4 is 10.1 Å². The molecule has 2 heterocycles. The Balaban J connectivity index is 1.73. The number of carbonyl (C=O) groups is 1. The first kappa shape index (κ1) is 14.3. The summed E-state index contributed by atoms with van der Waals surface area (Å²) in [7, 11) is 1.48. The van der Waals surface area contributed by atoms with E-state index < -0.39 is 5.82 Å². The molecule has 5 heteroatoms. The molecule has 2 aliphatic heterocycles. The summed E-state index contributed by atoms with van der Waals surface area (Å²) in [5, 5.41) is 3.41. The van der Waals surface area contributed by atoms with Crippen LogP contribution in [0, 0.1) is 17.7 Å². The second kappa shape index (κ2) is 6.02. The fourth-order valence-electron chi connectivity index (χ4n) is 3.39. The molecule has 2 fully saturated rings. The Labute approximate surface area is 124 Å². The van der Waals surface area contributed by atoms with Gasteiger partial charge in [0, 0.05) is 19.2 Å². The zero-order chi connectivity index (χ0) is 14.8. The van der Waals surface area contributed by atoms with Gasteiger partial charge in [-0.2, -0.15) is 0 Å². The molecule has 2 aliphatic rings. The molecule has 21 heavy (non-hydrogen) atoms. The molecule has 1 aromatic carbocycles. The van der Waals surface area contributed by atoms with E-state index in [1.54, 1.807) is 11.0 Å². The monoisotopic (exact) mass is 292 g/mol. The van der Waals surface area contributed by atoms with Crippen LogP contribution in [0.25, 0.3) is 0 Å². The third-order valence-corrected chi connectivity index (χ3v) is 4.71. The van der Waals surface area contributed by atoms with Crippen molar-refractivity contribution in [3.63, 3.8) is 0 Å². The van der Waals surface area contributed by atoms with Crippen molar-refractivity contribution in [2.24, 2.45) is 11.8 Å². The van der Waals surface area contributed by atoms with Gasteiger partial charge in [0.1, 0.15) is 11.6 Å². The summed E-state index contributed by atoms with van der Waals surface area (Å²) in [5.41, 5.74) is 0.140. The summed E-state index contributed by atoms with van der Waals surface area (Å²) in [5.74, 6) is 1.03. The van der Waals surface area contributed by atoms with Gasteiger partial charge in [-0.05, 0) is 49.9 Å². The number of carbonyl (C=O) groups excluding carboxylic acids is 1. The molecule has 0 bridgehead atoms. The molecule has 1 amide bonds. The summed E-state index contributed by atoms with van der Waals surface area (Å²) in [6.45, 7) is 3.52. The summed E-state index contributed by atoms with van der Waals surface area (Å²) in [4.78, 5) is 14.3. The fourth-order valence-corrected chi connectivity index (χ4v) is 3.39. The number of hydrogen-bond donors (Lipinski definition) is 1. The molecule has 0 spiro atoms. The molecular formula is C16H21FN2O2. The lowest BCUT2D eigenvalue weighted by Gasteiger charge is -2.21. The van der Waals surface area contributed by atoms with E-state index in [1.807, 2.05) is 0 Å². The maximum Gasteiger partial charge on any atom is 0.256 e. The van der Waals surface area contributed by atoms with Crippen molar-refractivity contribution in [2.75, 3.05) is 33.3 Å². The van der Waals surface area contributed by atoms with Crippen LogP contribution in [0.3, 0.4) is 0 Å². The van der Waals surface area contributed by atoms with Gasteiger partial charge in [0.25, 0.3) is 5.91 Å². The minimum atomic E-state index is -0.509. The van der Waals surface area contributed by atoms with Crippen LogP contribution in [-0.2, 0) is 0 Å². The molecule has 0 aromatic heterocycles. The minimum absolute atomic E-state index is 0.140. The van der Waals surface area contributed by atoms with Crippen LogP contribution in [0.2, 0.25) is 0 Å². The Bertz CT molecular complexity index is 521. The van der Waals surface area contributed by atoms with E-state index in [0.29, 0.717) is 30.7 Å². The zero-order valence-electron chi connectivity index (χ0n) is 12.3. The Morgan fingerprint density at radius 3 is 2.52 bits per heavy atom. The number of nitrogens with zero attached hydrogens (tertiary/aromatic N) is 1. The van der Waals surface area contributed by atoms with Crippen molar-refractivity contribution in [1.29, 1.82) is 0 Å². The van der Waals surface area contributed by atoms with Gasteiger partial charge in [0.05, 0.1) is 12.7 Å². The highest BCUT2D eigenvalue weighted by molar-refractivity contribution is 5.94. The van der Waals surface area contributed by atoms with Gasteiger partial charge in [-0.3, -0.25) is 4.79 Å². The molecule has 0 saturated carbocycles. The lowest BCUT2D eigenvalue weighted by atomic mass is 9.92. The number of benzene rings is 1. The number of ether oxygens (including phenoxy) is 1. The van der Waals surface area contributed by atoms with Crippen LogP contribution in [0.4, 0.5) is 4.39 Å². The largest absolute Gasteiger partial charge is 0.497 e.